The number of benzene rings is 1. The first kappa shape index (κ1) is 12.4. The van der Waals surface area contributed by atoms with Gasteiger partial charge in [0.15, 0.2) is 0 Å². The molecule has 1 aromatic carbocycles. The van der Waals surface area contributed by atoms with Gasteiger partial charge in [0.25, 0.3) is 0 Å². The van der Waals surface area contributed by atoms with E-state index in [0.717, 1.165) is 22.3 Å². The highest BCUT2D eigenvalue weighted by atomic mass is 16.5. The molecule has 0 unspecified atom stereocenters. The van der Waals surface area contributed by atoms with Gasteiger partial charge in [0.05, 0.1) is 0 Å². The molecule has 0 bridgehead atoms. The fraction of sp³-hybridized carbons (Fsp3) is 0.286. The lowest BCUT2D eigenvalue weighted by Crippen LogP contribution is -2.01. The Hall–Kier alpha value is -2.10. The van der Waals surface area contributed by atoms with E-state index in [-0.39, 0.29) is 5.56 Å². The summed E-state index contributed by atoms with van der Waals surface area (Å²) in [6, 6.07) is 4.02. The Balaban J connectivity index is 2.74. The van der Waals surface area contributed by atoms with Crippen LogP contribution in [-0.2, 0) is 0 Å². The number of nitrogens with zero attached hydrogens (tertiary/aromatic N) is 1. The molecule has 1 heterocycles. The van der Waals surface area contributed by atoms with E-state index >= 15 is 0 Å². The summed E-state index contributed by atoms with van der Waals surface area (Å²) in [5, 5.41) is 13.1. The second kappa shape index (κ2) is 4.29. The molecule has 0 spiro atoms. The topological polar surface area (TPSA) is 63.3 Å². The lowest BCUT2D eigenvalue weighted by Gasteiger charge is -2.09. The maximum absolute atomic E-state index is 11.3. The van der Waals surface area contributed by atoms with Crippen LogP contribution >= 0.6 is 0 Å². The lowest BCUT2D eigenvalue weighted by atomic mass is 9.95. The highest BCUT2D eigenvalue weighted by Crippen LogP contribution is 2.31. The number of hydrogen-bond acceptors (Lipinski definition) is 3. The van der Waals surface area contributed by atoms with Crippen LogP contribution in [0.15, 0.2) is 16.7 Å². The SMILES string of the molecule is Cc1cc(C)c(-c2noc(C)c2C(=O)O)c(C)c1. The third kappa shape index (κ3) is 1.90. The standard InChI is InChI=1S/C14H15NO3/c1-7-5-8(2)11(9(3)6-7)13-12(14(16)17)10(4)18-15-13/h5-6H,1-4H3,(H,16,17). The van der Waals surface area contributed by atoms with Crippen molar-refractivity contribution in [2.75, 3.05) is 0 Å². The largest absolute Gasteiger partial charge is 0.477 e. The van der Waals surface area contributed by atoms with E-state index < -0.39 is 5.97 Å². The summed E-state index contributed by atoms with van der Waals surface area (Å²) in [4.78, 5) is 11.3. The zero-order chi connectivity index (χ0) is 13.4. The summed E-state index contributed by atoms with van der Waals surface area (Å²) in [5.74, 6) is -0.681. The van der Waals surface area contributed by atoms with Crippen molar-refractivity contribution in [3.63, 3.8) is 0 Å². The van der Waals surface area contributed by atoms with Gasteiger partial charge >= 0.3 is 5.97 Å². The van der Waals surface area contributed by atoms with Crippen molar-refractivity contribution in [2.45, 2.75) is 27.7 Å². The molecule has 0 aliphatic carbocycles. The number of hydrogen-bond donors (Lipinski definition) is 1. The molecule has 0 saturated carbocycles. The molecule has 18 heavy (non-hydrogen) atoms. The monoisotopic (exact) mass is 245 g/mol. The van der Waals surface area contributed by atoms with Gasteiger partial charge < -0.3 is 9.63 Å². The molecule has 2 rings (SSSR count). The maximum atomic E-state index is 11.3. The molecule has 0 amide bonds. The number of carbonyl (C=O) groups is 1. The normalized spacial score (nSPS) is 10.7. The second-order valence-electron chi connectivity index (χ2n) is 4.54. The third-order valence-electron chi connectivity index (χ3n) is 2.99. The van der Waals surface area contributed by atoms with Gasteiger partial charge in [-0.05, 0) is 38.8 Å². The predicted octanol–water partition coefficient (Wildman–Crippen LogP) is 3.27. The van der Waals surface area contributed by atoms with Gasteiger partial charge in [-0.25, -0.2) is 4.79 Å². The summed E-state index contributed by atoms with van der Waals surface area (Å²) in [7, 11) is 0. The van der Waals surface area contributed by atoms with Crippen LogP contribution in [0.1, 0.15) is 32.8 Å². The second-order valence-corrected chi connectivity index (χ2v) is 4.54. The van der Waals surface area contributed by atoms with Crippen LogP contribution in [0.3, 0.4) is 0 Å². The Labute approximate surface area is 105 Å². The van der Waals surface area contributed by atoms with Gasteiger partial charge in [0, 0.05) is 5.56 Å². The van der Waals surface area contributed by atoms with Gasteiger partial charge in [-0.15, -0.1) is 0 Å². The van der Waals surface area contributed by atoms with Crippen LogP contribution in [0.5, 0.6) is 0 Å². The smallest absolute Gasteiger partial charge is 0.341 e. The molecule has 0 aliphatic heterocycles. The van der Waals surface area contributed by atoms with Gasteiger partial charge in [-0.2, -0.15) is 0 Å². The van der Waals surface area contributed by atoms with Crippen molar-refractivity contribution in [1.29, 1.82) is 0 Å². The number of carboxylic acid groups (broad SMARTS) is 1. The van der Waals surface area contributed by atoms with Crippen LogP contribution in [0.4, 0.5) is 0 Å². The fourth-order valence-corrected chi connectivity index (χ4v) is 2.35. The molecule has 0 aliphatic rings. The molecule has 0 atom stereocenters. The first-order valence-corrected chi connectivity index (χ1v) is 5.69. The van der Waals surface area contributed by atoms with Gasteiger partial charge in [-0.1, -0.05) is 22.9 Å². The fourth-order valence-electron chi connectivity index (χ4n) is 2.35. The number of aromatic carboxylic acids is 1. The van der Waals surface area contributed by atoms with Crippen molar-refractivity contribution in [3.05, 3.63) is 40.1 Å². The molecule has 4 nitrogen and oxygen atoms in total. The summed E-state index contributed by atoms with van der Waals surface area (Å²) >= 11 is 0. The van der Waals surface area contributed by atoms with E-state index in [4.69, 9.17) is 4.52 Å². The Kier molecular flexibility index (Phi) is 2.95. The molecule has 2 aromatic rings. The Morgan fingerprint density at radius 1 is 1.17 bits per heavy atom. The minimum absolute atomic E-state index is 0.144. The van der Waals surface area contributed by atoms with Crippen LogP contribution < -0.4 is 0 Å². The molecule has 4 heteroatoms. The van der Waals surface area contributed by atoms with Crippen molar-refractivity contribution in [2.24, 2.45) is 0 Å². The van der Waals surface area contributed by atoms with E-state index in [0.29, 0.717) is 11.5 Å². The first-order valence-electron chi connectivity index (χ1n) is 5.69. The lowest BCUT2D eigenvalue weighted by molar-refractivity contribution is 0.0696. The highest BCUT2D eigenvalue weighted by Gasteiger charge is 2.23. The molecular weight excluding hydrogens is 230 g/mol. The minimum Gasteiger partial charge on any atom is -0.477 e. The summed E-state index contributed by atoms with van der Waals surface area (Å²) in [5.41, 5.74) is 4.55. The molecule has 1 N–H and O–H groups in total. The maximum Gasteiger partial charge on any atom is 0.341 e. The van der Waals surface area contributed by atoms with Crippen LogP contribution in [-0.4, -0.2) is 16.2 Å². The zero-order valence-electron chi connectivity index (χ0n) is 10.9. The highest BCUT2D eigenvalue weighted by molar-refractivity contribution is 5.96. The summed E-state index contributed by atoms with van der Waals surface area (Å²) in [6.07, 6.45) is 0. The van der Waals surface area contributed by atoms with Crippen molar-refractivity contribution < 1.29 is 14.4 Å². The average molecular weight is 245 g/mol. The quantitative estimate of drug-likeness (QED) is 0.881. The molecule has 0 radical (unpaired) electrons. The van der Waals surface area contributed by atoms with E-state index in [2.05, 4.69) is 5.16 Å². The molecule has 0 saturated heterocycles. The zero-order valence-corrected chi connectivity index (χ0v) is 10.9. The molecular formula is C14H15NO3. The Morgan fingerprint density at radius 2 is 1.72 bits per heavy atom. The molecule has 1 aromatic heterocycles. The van der Waals surface area contributed by atoms with E-state index in [1.807, 2.05) is 32.9 Å². The van der Waals surface area contributed by atoms with E-state index in [9.17, 15) is 9.90 Å². The number of rotatable bonds is 2. The van der Waals surface area contributed by atoms with Crippen molar-refractivity contribution in [3.8, 4) is 11.3 Å². The van der Waals surface area contributed by atoms with E-state index in [1.54, 1.807) is 6.92 Å². The summed E-state index contributed by atoms with van der Waals surface area (Å²) < 4.78 is 5.02. The molecule has 94 valence electrons. The van der Waals surface area contributed by atoms with Crippen molar-refractivity contribution in [1.82, 2.24) is 5.16 Å². The van der Waals surface area contributed by atoms with Gasteiger partial charge in [0.1, 0.15) is 17.0 Å². The predicted molar refractivity (Wildman–Crippen MR) is 67.8 cm³/mol. The van der Waals surface area contributed by atoms with Crippen LogP contribution in [0.25, 0.3) is 11.3 Å². The Morgan fingerprint density at radius 3 is 2.22 bits per heavy atom. The van der Waals surface area contributed by atoms with Crippen LogP contribution in [0.2, 0.25) is 0 Å². The van der Waals surface area contributed by atoms with Gasteiger partial charge in [0.2, 0.25) is 0 Å². The number of carboxylic acids is 1. The third-order valence-corrected chi connectivity index (χ3v) is 2.99. The minimum atomic E-state index is -1.01. The first-order chi connectivity index (χ1) is 8.41. The van der Waals surface area contributed by atoms with Crippen molar-refractivity contribution >= 4 is 5.97 Å². The molecule has 0 fully saturated rings. The average Bonchev–Trinajstić information content (AvgIpc) is 2.58. The van der Waals surface area contributed by atoms with E-state index in [1.165, 1.54) is 0 Å². The van der Waals surface area contributed by atoms with Crippen LogP contribution in [0, 0.1) is 27.7 Å². The summed E-state index contributed by atoms with van der Waals surface area (Å²) in [6.45, 7) is 7.52. The van der Waals surface area contributed by atoms with Gasteiger partial charge in [-0.3, -0.25) is 0 Å². The number of aryl methyl sites for hydroxylation is 4. The number of aromatic nitrogens is 1. The Bertz CT molecular complexity index is 603.